The second-order valence-corrected chi connectivity index (χ2v) is 6.91. The summed E-state index contributed by atoms with van der Waals surface area (Å²) in [5, 5.41) is 0. The Labute approximate surface area is 121 Å². The standard InChI is InChI=1S/C13H13FN2O2S2/c1-16-20(17,18)13-7-6-9(8-11(13)15)19-12-5-3-2-4-10(12)14/h2-8,16H,15H2,1H3. The molecule has 0 bridgehead atoms. The summed E-state index contributed by atoms with van der Waals surface area (Å²) in [6.45, 7) is 0. The maximum atomic E-state index is 13.5. The Morgan fingerprint density at radius 2 is 1.90 bits per heavy atom. The minimum atomic E-state index is -3.58. The number of nitrogens with one attached hydrogen (secondary N) is 1. The van der Waals surface area contributed by atoms with Gasteiger partial charge in [0.15, 0.2) is 0 Å². The first-order valence-corrected chi connectivity index (χ1v) is 7.99. The summed E-state index contributed by atoms with van der Waals surface area (Å²) in [5.74, 6) is -0.331. The zero-order chi connectivity index (χ0) is 14.8. The van der Waals surface area contributed by atoms with Crippen molar-refractivity contribution in [1.82, 2.24) is 4.72 Å². The normalized spacial score (nSPS) is 11.5. The Balaban J connectivity index is 2.33. The molecule has 0 unspecified atom stereocenters. The van der Waals surface area contributed by atoms with Gasteiger partial charge in [0, 0.05) is 9.79 Å². The molecule has 106 valence electrons. The van der Waals surface area contributed by atoms with E-state index in [1.807, 2.05) is 0 Å². The van der Waals surface area contributed by atoms with Crippen LogP contribution in [0.15, 0.2) is 57.2 Å². The van der Waals surface area contributed by atoms with E-state index < -0.39 is 10.0 Å². The van der Waals surface area contributed by atoms with Crippen LogP contribution in [0.4, 0.5) is 10.1 Å². The molecule has 20 heavy (non-hydrogen) atoms. The predicted molar refractivity (Wildman–Crippen MR) is 77.6 cm³/mol. The molecular weight excluding hydrogens is 299 g/mol. The van der Waals surface area contributed by atoms with Crippen LogP contribution in [0.1, 0.15) is 0 Å². The minimum absolute atomic E-state index is 0.0119. The van der Waals surface area contributed by atoms with Crippen molar-refractivity contribution in [3.8, 4) is 0 Å². The van der Waals surface area contributed by atoms with Gasteiger partial charge in [-0.1, -0.05) is 23.9 Å². The van der Waals surface area contributed by atoms with E-state index >= 15 is 0 Å². The van der Waals surface area contributed by atoms with Gasteiger partial charge in [-0.25, -0.2) is 17.5 Å². The van der Waals surface area contributed by atoms with Gasteiger partial charge in [0.05, 0.1) is 5.69 Å². The van der Waals surface area contributed by atoms with E-state index in [0.29, 0.717) is 9.79 Å². The van der Waals surface area contributed by atoms with Crippen LogP contribution in [0.25, 0.3) is 0 Å². The predicted octanol–water partition coefficient (Wildman–Crippen LogP) is 2.47. The molecular formula is C13H13FN2O2S2. The van der Waals surface area contributed by atoms with E-state index in [9.17, 15) is 12.8 Å². The molecule has 0 spiro atoms. The van der Waals surface area contributed by atoms with Crippen molar-refractivity contribution in [3.63, 3.8) is 0 Å². The van der Waals surface area contributed by atoms with Gasteiger partial charge in [0.25, 0.3) is 0 Å². The summed E-state index contributed by atoms with van der Waals surface area (Å²) < 4.78 is 39.1. The summed E-state index contributed by atoms with van der Waals surface area (Å²) in [4.78, 5) is 1.14. The van der Waals surface area contributed by atoms with Crippen molar-refractivity contribution < 1.29 is 12.8 Å². The van der Waals surface area contributed by atoms with E-state index in [1.165, 1.54) is 37.0 Å². The van der Waals surface area contributed by atoms with E-state index in [0.717, 1.165) is 0 Å². The van der Waals surface area contributed by atoms with Crippen LogP contribution < -0.4 is 10.5 Å². The van der Waals surface area contributed by atoms with Gasteiger partial charge in [-0.15, -0.1) is 0 Å². The van der Waals surface area contributed by atoms with Crippen molar-refractivity contribution in [2.45, 2.75) is 14.7 Å². The number of rotatable bonds is 4. The first kappa shape index (κ1) is 14.8. The van der Waals surface area contributed by atoms with Crippen molar-refractivity contribution in [1.29, 1.82) is 0 Å². The maximum absolute atomic E-state index is 13.5. The third-order valence-electron chi connectivity index (χ3n) is 2.60. The SMILES string of the molecule is CNS(=O)(=O)c1ccc(Sc2ccccc2F)cc1N. The summed E-state index contributed by atoms with van der Waals surface area (Å²) in [7, 11) is -2.27. The third-order valence-corrected chi connectivity index (χ3v) is 5.13. The molecule has 3 N–H and O–H groups in total. The molecule has 0 aliphatic carbocycles. The Kier molecular flexibility index (Phi) is 4.32. The number of nitrogen functional groups attached to an aromatic ring is 1. The summed E-state index contributed by atoms with van der Waals surface area (Å²) >= 11 is 1.19. The number of halogens is 1. The molecule has 0 aliphatic heterocycles. The van der Waals surface area contributed by atoms with Crippen LogP contribution in [0, 0.1) is 5.82 Å². The van der Waals surface area contributed by atoms with Gasteiger partial charge in [-0.3, -0.25) is 0 Å². The Hall–Kier alpha value is -1.57. The molecule has 7 heteroatoms. The maximum Gasteiger partial charge on any atom is 0.242 e. The summed E-state index contributed by atoms with van der Waals surface area (Å²) in [6.07, 6.45) is 0. The molecule has 2 rings (SSSR count). The highest BCUT2D eigenvalue weighted by atomic mass is 32.2. The van der Waals surface area contributed by atoms with E-state index in [4.69, 9.17) is 5.73 Å². The molecule has 0 amide bonds. The molecule has 0 heterocycles. The Morgan fingerprint density at radius 1 is 1.20 bits per heavy atom. The molecule has 0 aromatic heterocycles. The second kappa shape index (κ2) is 5.82. The molecule has 2 aromatic rings. The van der Waals surface area contributed by atoms with Crippen LogP contribution in [-0.4, -0.2) is 15.5 Å². The first-order chi connectivity index (χ1) is 9.44. The fourth-order valence-corrected chi connectivity index (χ4v) is 3.32. The Bertz CT molecular complexity index is 733. The lowest BCUT2D eigenvalue weighted by molar-refractivity contribution is 0.588. The topological polar surface area (TPSA) is 72.2 Å². The van der Waals surface area contributed by atoms with E-state index in [1.54, 1.807) is 24.3 Å². The minimum Gasteiger partial charge on any atom is -0.398 e. The lowest BCUT2D eigenvalue weighted by atomic mass is 10.3. The highest BCUT2D eigenvalue weighted by Crippen LogP contribution is 2.32. The number of sulfonamides is 1. The zero-order valence-electron chi connectivity index (χ0n) is 10.6. The van der Waals surface area contributed by atoms with Crippen LogP contribution in [-0.2, 0) is 10.0 Å². The highest BCUT2D eigenvalue weighted by molar-refractivity contribution is 7.99. The smallest absolute Gasteiger partial charge is 0.242 e. The highest BCUT2D eigenvalue weighted by Gasteiger charge is 2.15. The molecule has 0 radical (unpaired) electrons. The lowest BCUT2D eigenvalue weighted by Crippen LogP contribution is -2.19. The first-order valence-electron chi connectivity index (χ1n) is 5.69. The molecule has 4 nitrogen and oxygen atoms in total. The largest absolute Gasteiger partial charge is 0.398 e. The monoisotopic (exact) mass is 312 g/mol. The van der Waals surface area contributed by atoms with Gasteiger partial charge in [0.2, 0.25) is 10.0 Å². The van der Waals surface area contributed by atoms with Crippen molar-refractivity contribution in [2.75, 3.05) is 12.8 Å². The number of hydrogen-bond acceptors (Lipinski definition) is 4. The number of nitrogens with two attached hydrogens (primary N) is 1. The number of anilines is 1. The van der Waals surface area contributed by atoms with Crippen molar-refractivity contribution >= 4 is 27.5 Å². The number of benzene rings is 2. The third kappa shape index (κ3) is 3.12. The van der Waals surface area contributed by atoms with Gasteiger partial charge in [-0.2, -0.15) is 0 Å². The molecule has 2 aromatic carbocycles. The average Bonchev–Trinajstić information content (AvgIpc) is 2.41. The average molecular weight is 312 g/mol. The van der Waals surface area contributed by atoms with Gasteiger partial charge < -0.3 is 5.73 Å². The lowest BCUT2D eigenvalue weighted by Gasteiger charge is -2.08. The van der Waals surface area contributed by atoms with Crippen molar-refractivity contribution in [3.05, 3.63) is 48.3 Å². The van der Waals surface area contributed by atoms with Gasteiger partial charge in [0.1, 0.15) is 10.7 Å². The molecule has 0 atom stereocenters. The summed E-state index contributed by atoms with van der Waals surface area (Å²) in [6, 6.07) is 10.9. The number of hydrogen-bond donors (Lipinski definition) is 2. The fraction of sp³-hybridized carbons (Fsp3) is 0.0769. The van der Waals surface area contributed by atoms with Gasteiger partial charge >= 0.3 is 0 Å². The van der Waals surface area contributed by atoms with Crippen LogP contribution in [0.3, 0.4) is 0 Å². The van der Waals surface area contributed by atoms with Crippen LogP contribution in [0.5, 0.6) is 0 Å². The van der Waals surface area contributed by atoms with Gasteiger partial charge in [-0.05, 0) is 37.4 Å². The van der Waals surface area contributed by atoms with E-state index in [2.05, 4.69) is 4.72 Å². The fourth-order valence-electron chi connectivity index (χ4n) is 1.60. The van der Waals surface area contributed by atoms with Crippen LogP contribution in [0.2, 0.25) is 0 Å². The van der Waals surface area contributed by atoms with Crippen LogP contribution >= 0.6 is 11.8 Å². The quantitative estimate of drug-likeness (QED) is 0.851. The summed E-state index contributed by atoms with van der Waals surface area (Å²) in [5.41, 5.74) is 5.87. The van der Waals surface area contributed by atoms with E-state index in [-0.39, 0.29) is 16.4 Å². The molecule has 0 saturated carbocycles. The second-order valence-electron chi connectivity index (χ2n) is 3.94. The Morgan fingerprint density at radius 3 is 2.50 bits per heavy atom. The zero-order valence-corrected chi connectivity index (χ0v) is 12.3. The molecule has 0 fully saturated rings. The molecule has 0 aliphatic rings. The van der Waals surface area contributed by atoms with Crippen molar-refractivity contribution in [2.24, 2.45) is 0 Å². The molecule has 0 saturated heterocycles.